The summed E-state index contributed by atoms with van der Waals surface area (Å²) < 4.78 is 20.4. The maximum Gasteiger partial charge on any atom is 0.362 e. The fourth-order valence-corrected chi connectivity index (χ4v) is 2.35. The maximum absolute atomic E-state index is 11.7. The summed E-state index contributed by atoms with van der Waals surface area (Å²) in [6.45, 7) is 1.93. The molecule has 1 rings (SSSR count). The molecule has 0 saturated heterocycles. The van der Waals surface area contributed by atoms with Crippen LogP contribution in [0.3, 0.4) is 0 Å². The van der Waals surface area contributed by atoms with E-state index in [0.29, 0.717) is 0 Å². The molecule has 5 heteroatoms. The molecular formula is C9H13O4P. The Balaban J connectivity index is 2.71. The van der Waals surface area contributed by atoms with Crippen molar-refractivity contribution in [1.82, 2.24) is 0 Å². The molecule has 4 nitrogen and oxygen atoms in total. The van der Waals surface area contributed by atoms with Gasteiger partial charge in [-0.2, -0.15) is 4.67 Å². The highest BCUT2D eigenvalue weighted by molar-refractivity contribution is 7.52. The van der Waals surface area contributed by atoms with Crippen LogP contribution in [-0.2, 0) is 19.9 Å². The Kier molecular flexibility index (Phi) is 4.29. The van der Waals surface area contributed by atoms with Gasteiger partial charge in [0, 0.05) is 0 Å². The first kappa shape index (κ1) is 11.4. The molecule has 1 unspecified atom stereocenters. The van der Waals surface area contributed by atoms with Gasteiger partial charge in [-0.1, -0.05) is 30.3 Å². The first-order valence-corrected chi connectivity index (χ1v) is 6.03. The van der Waals surface area contributed by atoms with Crippen LogP contribution in [0.2, 0.25) is 0 Å². The van der Waals surface area contributed by atoms with Gasteiger partial charge >= 0.3 is 7.60 Å². The second kappa shape index (κ2) is 5.27. The summed E-state index contributed by atoms with van der Waals surface area (Å²) in [5.41, 5.74) is 0.804. The van der Waals surface area contributed by atoms with Crippen molar-refractivity contribution in [2.24, 2.45) is 0 Å². The average Bonchev–Trinajstić information content (AvgIpc) is 2.20. The average molecular weight is 216 g/mol. The van der Waals surface area contributed by atoms with E-state index in [9.17, 15) is 4.57 Å². The predicted octanol–water partition coefficient (Wildman–Crippen LogP) is 2.91. The molecule has 0 aliphatic carbocycles. The van der Waals surface area contributed by atoms with Gasteiger partial charge in [-0.3, -0.25) is 4.57 Å². The highest BCUT2D eigenvalue weighted by Crippen LogP contribution is 2.50. The normalized spacial score (nSPS) is 15.0. The van der Waals surface area contributed by atoms with Gasteiger partial charge in [0.05, 0.1) is 12.8 Å². The Hall–Kier alpha value is -0.670. The monoisotopic (exact) mass is 216 g/mol. The lowest BCUT2D eigenvalue weighted by Crippen LogP contribution is -1.96. The summed E-state index contributed by atoms with van der Waals surface area (Å²) in [7, 11) is -3.37. The van der Waals surface area contributed by atoms with Crippen LogP contribution < -0.4 is 0 Å². The minimum atomic E-state index is -3.37. The van der Waals surface area contributed by atoms with Gasteiger partial charge in [-0.05, 0) is 12.5 Å². The van der Waals surface area contributed by atoms with E-state index in [2.05, 4.69) is 4.67 Å². The van der Waals surface area contributed by atoms with Crippen LogP contribution in [0.5, 0.6) is 0 Å². The zero-order valence-electron chi connectivity index (χ0n) is 7.92. The lowest BCUT2D eigenvalue weighted by Gasteiger charge is -2.12. The molecule has 1 atom stereocenters. The molecule has 1 aromatic carbocycles. The quantitative estimate of drug-likeness (QED) is 0.467. The molecule has 0 aromatic heterocycles. The second-order valence-corrected chi connectivity index (χ2v) is 4.71. The Morgan fingerprint density at radius 3 is 2.50 bits per heavy atom. The minimum Gasteiger partial charge on any atom is -0.307 e. The van der Waals surface area contributed by atoms with Gasteiger partial charge < -0.3 is 4.52 Å². The summed E-state index contributed by atoms with van der Waals surface area (Å²) in [6.07, 6.45) is 0.0815. The first-order valence-electron chi connectivity index (χ1n) is 4.31. The molecule has 0 spiro atoms. The van der Waals surface area contributed by atoms with Crippen molar-refractivity contribution < 1.29 is 19.0 Å². The standard InChI is InChI=1S/C9H13O4P/c1-2-12-14(11,13-10)8-9-6-4-3-5-7-9/h3-7,10H,2,8H2,1H3. The SMILES string of the molecule is CCOP(=O)(Cc1ccccc1)OO. The van der Waals surface area contributed by atoms with Crippen LogP contribution in [0.25, 0.3) is 0 Å². The third-order valence-corrected chi connectivity index (χ3v) is 3.32. The molecule has 0 bridgehead atoms. The third kappa shape index (κ3) is 3.24. The fourth-order valence-electron chi connectivity index (χ4n) is 1.10. The maximum atomic E-state index is 11.7. The smallest absolute Gasteiger partial charge is 0.307 e. The second-order valence-electron chi connectivity index (χ2n) is 2.75. The zero-order chi connectivity index (χ0) is 10.4. The van der Waals surface area contributed by atoms with Crippen LogP contribution in [-0.4, -0.2) is 11.9 Å². The van der Waals surface area contributed by atoms with Crippen molar-refractivity contribution in [2.45, 2.75) is 13.1 Å². The predicted molar refractivity (Wildman–Crippen MR) is 53.1 cm³/mol. The summed E-state index contributed by atoms with van der Waals surface area (Å²) in [5, 5.41) is 8.49. The van der Waals surface area contributed by atoms with Gasteiger partial charge in [-0.15, -0.1) is 0 Å². The third-order valence-electron chi connectivity index (χ3n) is 1.67. The number of hydrogen-bond donors (Lipinski definition) is 1. The highest BCUT2D eigenvalue weighted by Gasteiger charge is 2.24. The van der Waals surface area contributed by atoms with E-state index in [1.165, 1.54) is 0 Å². The van der Waals surface area contributed by atoms with Crippen LogP contribution in [0.15, 0.2) is 30.3 Å². The molecule has 78 valence electrons. The van der Waals surface area contributed by atoms with E-state index in [0.717, 1.165) is 5.56 Å². The Bertz CT molecular complexity index is 312. The van der Waals surface area contributed by atoms with Gasteiger partial charge in [0.15, 0.2) is 0 Å². The highest BCUT2D eigenvalue weighted by atomic mass is 31.2. The van der Waals surface area contributed by atoms with Crippen molar-refractivity contribution >= 4 is 7.60 Å². The molecule has 0 radical (unpaired) electrons. The van der Waals surface area contributed by atoms with E-state index < -0.39 is 7.60 Å². The van der Waals surface area contributed by atoms with Crippen molar-refractivity contribution in [3.05, 3.63) is 35.9 Å². The van der Waals surface area contributed by atoms with E-state index in [1.807, 2.05) is 18.2 Å². The fraction of sp³-hybridized carbons (Fsp3) is 0.333. The number of hydrogen-bond acceptors (Lipinski definition) is 4. The zero-order valence-corrected chi connectivity index (χ0v) is 8.81. The Morgan fingerprint density at radius 1 is 1.36 bits per heavy atom. The van der Waals surface area contributed by atoms with E-state index in [1.54, 1.807) is 19.1 Å². The molecule has 0 aliphatic heterocycles. The number of rotatable bonds is 5. The van der Waals surface area contributed by atoms with Crippen LogP contribution in [0, 0.1) is 0 Å². The largest absolute Gasteiger partial charge is 0.362 e. The first-order chi connectivity index (χ1) is 6.70. The van der Waals surface area contributed by atoms with Crippen LogP contribution in [0.1, 0.15) is 12.5 Å². The van der Waals surface area contributed by atoms with Gasteiger partial charge in [0.25, 0.3) is 0 Å². The number of benzene rings is 1. The molecule has 1 aromatic rings. The molecule has 0 amide bonds. The minimum absolute atomic E-state index is 0.0815. The summed E-state index contributed by atoms with van der Waals surface area (Å²) in [4.78, 5) is 0. The van der Waals surface area contributed by atoms with E-state index in [4.69, 9.17) is 9.78 Å². The van der Waals surface area contributed by atoms with Gasteiger partial charge in [0.1, 0.15) is 0 Å². The molecular weight excluding hydrogens is 203 g/mol. The molecule has 0 fully saturated rings. The summed E-state index contributed by atoms with van der Waals surface area (Å²) >= 11 is 0. The molecule has 0 aliphatic rings. The summed E-state index contributed by atoms with van der Waals surface area (Å²) in [6, 6.07) is 9.09. The van der Waals surface area contributed by atoms with Gasteiger partial charge in [-0.25, -0.2) is 5.26 Å². The van der Waals surface area contributed by atoms with E-state index >= 15 is 0 Å². The molecule has 0 heterocycles. The van der Waals surface area contributed by atoms with Crippen molar-refractivity contribution in [3.8, 4) is 0 Å². The van der Waals surface area contributed by atoms with E-state index in [-0.39, 0.29) is 12.8 Å². The van der Waals surface area contributed by atoms with Crippen molar-refractivity contribution in [1.29, 1.82) is 0 Å². The Morgan fingerprint density at radius 2 is 2.00 bits per heavy atom. The molecule has 0 saturated carbocycles. The summed E-state index contributed by atoms with van der Waals surface area (Å²) in [5.74, 6) is 0. The molecule has 1 N–H and O–H groups in total. The lowest BCUT2D eigenvalue weighted by molar-refractivity contribution is -0.149. The van der Waals surface area contributed by atoms with Crippen LogP contribution >= 0.6 is 7.60 Å². The van der Waals surface area contributed by atoms with Crippen molar-refractivity contribution in [2.75, 3.05) is 6.61 Å². The van der Waals surface area contributed by atoms with Crippen LogP contribution in [0.4, 0.5) is 0 Å². The topological polar surface area (TPSA) is 55.8 Å². The lowest BCUT2D eigenvalue weighted by atomic mass is 10.2. The van der Waals surface area contributed by atoms with Crippen molar-refractivity contribution in [3.63, 3.8) is 0 Å². The van der Waals surface area contributed by atoms with Gasteiger partial charge in [0.2, 0.25) is 0 Å². The molecule has 14 heavy (non-hydrogen) atoms. The Labute approximate surface area is 82.9 Å².